The van der Waals surface area contributed by atoms with Crippen molar-refractivity contribution >= 4 is 12.2 Å². The van der Waals surface area contributed by atoms with E-state index in [-0.39, 0.29) is 11.5 Å². The van der Waals surface area contributed by atoms with Crippen molar-refractivity contribution in [2.45, 2.75) is 45.6 Å². The Balaban J connectivity index is 2.24. The lowest BCUT2D eigenvalue weighted by Crippen LogP contribution is -2.39. The third kappa shape index (κ3) is 3.87. The molecule has 0 saturated carbocycles. The summed E-state index contributed by atoms with van der Waals surface area (Å²) < 4.78 is 6.52. The molecule has 1 aromatic heterocycles. The SMILES string of the molecule is CCCN1CCOC(c2nc(=S)cc(C(C)(C)C)[nH]2)C1. The largest absolute Gasteiger partial charge is 0.368 e. The van der Waals surface area contributed by atoms with E-state index in [0.29, 0.717) is 4.64 Å². The van der Waals surface area contributed by atoms with E-state index >= 15 is 0 Å². The summed E-state index contributed by atoms with van der Waals surface area (Å²) in [6, 6.07) is 1.95. The number of hydrogen-bond donors (Lipinski definition) is 1. The smallest absolute Gasteiger partial charge is 0.138 e. The van der Waals surface area contributed by atoms with Gasteiger partial charge in [0, 0.05) is 24.2 Å². The summed E-state index contributed by atoms with van der Waals surface area (Å²) in [5.74, 6) is 0.864. The van der Waals surface area contributed by atoms with Crippen LogP contribution in [0.25, 0.3) is 0 Å². The van der Waals surface area contributed by atoms with Crippen LogP contribution in [0.4, 0.5) is 0 Å². The standard InChI is InChI=1S/C15H25N3OS/c1-5-6-18-7-8-19-11(10-18)14-16-12(15(2,3)4)9-13(20)17-14/h9,11H,5-8,10H2,1-4H3,(H,16,17,20). The molecule has 0 radical (unpaired) electrons. The third-order valence-electron chi connectivity index (χ3n) is 3.56. The number of aromatic nitrogens is 2. The zero-order valence-corrected chi connectivity index (χ0v) is 13.7. The number of hydrogen-bond acceptors (Lipinski definition) is 4. The maximum absolute atomic E-state index is 5.88. The number of H-pyrrole nitrogens is 1. The minimum absolute atomic E-state index is 0.000648. The van der Waals surface area contributed by atoms with Gasteiger partial charge < -0.3 is 9.72 Å². The van der Waals surface area contributed by atoms with Crippen molar-refractivity contribution in [2.24, 2.45) is 0 Å². The van der Waals surface area contributed by atoms with Gasteiger partial charge in [0.15, 0.2) is 0 Å². The molecule has 5 heteroatoms. The highest BCUT2D eigenvalue weighted by Gasteiger charge is 2.25. The molecule has 1 N–H and O–H groups in total. The van der Waals surface area contributed by atoms with Gasteiger partial charge in [-0.25, -0.2) is 4.98 Å². The Morgan fingerprint density at radius 3 is 2.90 bits per heavy atom. The van der Waals surface area contributed by atoms with Gasteiger partial charge in [-0.15, -0.1) is 0 Å². The van der Waals surface area contributed by atoms with Crippen LogP contribution in [0, 0.1) is 4.64 Å². The minimum Gasteiger partial charge on any atom is -0.368 e. The van der Waals surface area contributed by atoms with E-state index < -0.39 is 0 Å². The lowest BCUT2D eigenvalue weighted by Gasteiger charge is -2.32. The monoisotopic (exact) mass is 295 g/mol. The topological polar surface area (TPSA) is 41.1 Å². The van der Waals surface area contributed by atoms with Gasteiger partial charge >= 0.3 is 0 Å². The second-order valence-electron chi connectivity index (χ2n) is 6.43. The highest BCUT2D eigenvalue weighted by atomic mass is 32.1. The normalized spacial score (nSPS) is 21.1. The number of ether oxygens (including phenoxy) is 1. The zero-order chi connectivity index (χ0) is 14.8. The Labute approximate surface area is 126 Å². The van der Waals surface area contributed by atoms with Crippen LogP contribution in [0.3, 0.4) is 0 Å². The van der Waals surface area contributed by atoms with Crippen LogP contribution in [0.15, 0.2) is 6.07 Å². The highest BCUT2D eigenvalue weighted by Crippen LogP contribution is 2.24. The van der Waals surface area contributed by atoms with E-state index in [0.717, 1.165) is 44.2 Å². The van der Waals surface area contributed by atoms with Crippen LogP contribution in [0.2, 0.25) is 0 Å². The van der Waals surface area contributed by atoms with Crippen molar-refractivity contribution < 1.29 is 4.74 Å². The molecule has 4 nitrogen and oxygen atoms in total. The van der Waals surface area contributed by atoms with Gasteiger partial charge in [0.05, 0.1) is 6.61 Å². The first-order valence-corrected chi connectivity index (χ1v) is 7.76. The van der Waals surface area contributed by atoms with Crippen molar-refractivity contribution in [3.8, 4) is 0 Å². The van der Waals surface area contributed by atoms with E-state index in [2.05, 4.69) is 42.6 Å². The zero-order valence-electron chi connectivity index (χ0n) is 12.9. The number of rotatable bonds is 3. The molecule has 20 heavy (non-hydrogen) atoms. The van der Waals surface area contributed by atoms with Gasteiger partial charge in [-0.05, 0) is 19.0 Å². The van der Waals surface area contributed by atoms with E-state index in [1.165, 1.54) is 0 Å². The summed E-state index contributed by atoms with van der Waals surface area (Å²) >= 11 is 5.31. The molecule has 0 spiro atoms. The molecule has 0 bridgehead atoms. The van der Waals surface area contributed by atoms with Gasteiger partial charge in [0.1, 0.15) is 16.6 Å². The molecule has 2 rings (SSSR count). The van der Waals surface area contributed by atoms with E-state index in [9.17, 15) is 0 Å². The predicted molar refractivity (Wildman–Crippen MR) is 83.5 cm³/mol. The van der Waals surface area contributed by atoms with Crippen molar-refractivity contribution in [3.05, 3.63) is 22.2 Å². The molecule has 1 aromatic rings. The number of nitrogens with one attached hydrogen (secondary N) is 1. The highest BCUT2D eigenvalue weighted by molar-refractivity contribution is 7.71. The van der Waals surface area contributed by atoms with Crippen LogP contribution in [0.5, 0.6) is 0 Å². The Kier molecular flexibility index (Phi) is 4.94. The molecule has 0 amide bonds. The lowest BCUT2D eigenvalue weighted by atomic mass is 9.92. The molecular formula is C15H25N3OS. The van der Waals surface area contributed by atoms with Crippen LogP contribution >= 0.6 is 12.2 Å². The molecule has 1 saturated heterocycles. The summed E-state index contributed by atoms with van der Waals surface area (Å²) in [7, 11) is 0. The van der Waals surface area contributed by atoms with E-state index in [1.54, 1.807) is 0 Å². The van der Waals surface area contributed by atoms with Gasteiger partial charge in [-0.1, -0.05) is 39.9 Å². The van der Waals surface area contributed by atoms with Crippen molar-refractivity contribution in [1.82, 2.24) is 14.9 Å². The summed E-state index contributed by atoms with van der Waals surface area (Å²) in [4.78, 5) is 10.3. The predicted octanol–water partition coefficient (Wildman–Crippen LogP) is 3.22. The molecule has 1 aliphatic rings. The third-order valence-corrected chi connectivity index (χ3v) is 3.77. The number of nitrogens with zero attached hydrogens (tertiary/aromatic N) is 2. The second kappa shape index (κ2) is 6.33. The summed E-state index contributed by atoms with van der Waals surface area (Å²) in [5.41, 5.74) is 1.15. The van der Waals surface area contributed by atoms with Crippen molar-refractivity contribution in [1.29, 1.82) is 0 Å². The second-order valence-corrected chi connectivity index (χ2v) is 6.85. The first kappa shape index (κ1) is 15.6. The average Bonchev–Trinajstić information content (AvgIpc) is 2.38. The first-order valence-electron chi connectivity index (χ1n) is 7.36. The molecule has 1 unspecified atom stereocenters. The Bertz CT molecular complexity index is 505. The quantitative estimate of drug-likeness (QED) is 0.869. The van der Waals surface area contributed by atoms with Crippen LogP contribution in [-0.4, -0.2) is 41.1 Å². The minimum atomic E-state index is -0.000648. The van der Waals surface area contributed by atoms with Gasteiger partial charge in [0.2, 0.25) is 0 Å². The molecule has 1 aliphatic heterocycles. The molecule has 112 valence electrons. The summed E-state index contributed by atoms with van der Waals surface area (Å²) in [6.45, 7) is 12.5. The van der Waals surface area contributed by atoms with Crippen molar-refractivity contribution in [3.63, 3.8) is 0 Å². The molecule has 2 heterocycles. The first-order chi connectivity index (χ1) is 9.40. The van der Waals surface area contributed by atoms with Crippen LogP contribution < -0.4 is 0 Å². The molecule has 0 aromatic carbocycles. The number of aromatic amines is 1. The van der Waals surface area contributed by atoms with Crippen molar-refractivity contribution in [2.75, 3.05) is 26.2 Å². The van der Waals surface area contributed by atoms with E-state index in [4.69, 9.17) is 17.0 Å². The molecule has 0 aliphatic carbocycles. The van der Waals surface area contributed by atoms with E-state index in [1.807, 2.05) is 6.07 Å². The molecule has 1 fully saturated rings. The molecule has 1 atom stereocenters. The Hall–Kier alpha value is -0.780. The van der Waals surface area contributed by atoms with Gasteiger partial charge in [0.25, 0.3) is 0 Å². The Morgan fingerprint density at radius 1 is 1.50 bits per heavy atom. The fourth-order valence-corrected chi connectivity index (χ4v) is 2.64. The fraction of sp³-hybridized carbons (Fsp3) is 0.733. The summed E-state index contributed by atoms with van der Waals surface area (Å²) in [6.07, 6.45) is 1.16. The van der Waals surface area contributed by atoms with Crippen LogP contribution in [-0.2, 0) is 10.2 Å². The lowest BCUT2D eigenvalue weighted by molar-refractivity contribution is -0.0344. The average molecular weight is 295 g/mol. The fourth-order valence-electron chi connectivity index (χ4n) is 2.42. The Morgan fingerprint density at radius 2 is 2.25 bits per heavy atom. The van der Waals surface area contributed by atoms with Gasteiger partial charge in [-0.3, -0.25) is 4.90 Å². The number of morpholine rings is 1. The summed E-state index contributed by atoms with van der Waals surface area (Å²) in [5, 5.41) is 0. The van der Waals surface area contributed by atoms with Gasteiger partial charge in [-0.2, -0.15) is 0 Å². The maximum Gasteiger partial charge on any atom is 0.138 e. The van der Waals surface area contributed by atoms with Crippen LogP contribution in [0.1, 0.15) is 51.7 Å². The maximum atomic E-state index is 5.88. The molecular weight excluding hydrogens is 270 g/mol.